The van der Waals surface area contributed by atoms with Gasteiger partial charge in [0.25, 0.3) is 0 Å². The van der Waals surface area contributed by atoms with E-state index < -0.39 is 0 Å². The van der Waals surface area contributed by atoms with Gasteiger partial charge in [-0.3, -0.25) is 9.59 Å². The van der Waals surface area contributed by atoms with Crippen LogP contribution in [-0.4, -0.2) is 35.9 Å². The molecule has 0 aliphatic heterocycles. The predicted molar refractivity (Wildman–Crippen MR) is 113 cm³/mol. The number of amides is 2. The number of nitrogens with one attached hydrogen (secondary N) is 2. The minimum Gasteiger partial charge on any atom is -0.349 e. The molecule has 0 bridgehead atoms. The van der Waals surface area contributed by atoms with Gasteiger partial charge in [-0.15, -0.1) is 0 Å². The van der Waals surface area contributed by atoms with Crippen LogP contribution in [0.5, 0.6) is 0 Å². The highest BCUT2D eigenvalue weighted by Gasteiger charge is 2.09. The number of hydrogen-bond acceptors (Lipinski definition) is 3. The lowest BCUT2D eigenvalue weighted by molar-refractivity contribution is -0.128. The zero-order valence-electron chi connectivity index (χ0n) is 15.9. The number of anilines is 1. The van der Waals surface area contributed by atoms with E-state index >= 15 is 0 Å². The zero-order chi connectivity index (χ0) is 19.8. The molecule has 2 N–H and O–H groups in total. The molecule has 0 heterocycles. The van der Waals surface area contributed by atoms with Gasteiger partial charge < -0.3 is 15.5 Å². The van der Waals surface area contributed by atoms with Gasteiger partial charge in [0.05, 0.1) is 6.42 Å². The SMILES string of the molecule is Cc1ccccc1CC(=O)NC(=S)Nc1cccc(CCC(=O)N(C)C)c1. The van der Waals surface area contributed by atoms with E-state index in [0.717, 1.165) is 22.4 Å². The number of thiocarbonyl (C=S) groups is 1. The van der Waals surface area contributed by atoms with Crippen LogP contribution in [0.4, 0.5) is 5.69 Å². The van der Waals surface area contributed by atoms with Gasteiger partial charge in [-0.25, -0.2) is 0 Å². The molecule has 2 aromatic carbocycles. The summed E-state index contributed by atoms with van der Waals surface area (Å²) in [7, 11) is 3.50. The average molecular weight is 384 g/mol. The molecule has 0 atom stereocenters. The second-order valence-electron chi connectivity index (χ2n) is 6.59. The molecular formula is C21H25N3O2S. The quantitative estimate of drug-likeness (QED) is 0.753. The highest BCUT2D eigenvalue weighted by Crippen LogP contribution is 2.13. The first-order chi connectivity index (χ1) is 12.8. The van der Waals surface area contributed by atoms with Crippen LogP contribution in [-0.2, 0) is 22.4 Å². The molecule has 0 aliphatic rings. The summed E-state index contributed by atoms with van der Waals surface area (Å²) in [6.07, 6.45) is 1.38. The summed E-state index contributed by atoms with van der Waals surface area (Å²) < 4.78 is 0. The van der Waals surface area contributed by atoms with Crippen LogP contribution in [0, 0.1) is 6.92 Å². The Morgan fingerprint density at radius 3 is 2.52 bits per heavy atom. The van der Waals surface area contributed by atoms with Crippen molar-refractivity contribution in [1.29, 1.82) is 0 Å². The monoisotopic (exact) mass is 383 g/mol. The van der Waals surface area contributed by atoms with Crippen LogP contribution in [0.1, 0.15) is 23.1 Å². The van der Waals surface area contributed by atoms with Gasteiger partial charge in [0.1, 0.15) is 0 Å². The Morgan fingerprint density at radius 1 is 1.07 bits per heavy atom. The van der Waals surface area contributed by atoms with Crippen molar-refractivity contribution in [1.82, 2.24) is 10.2 Å². The summed E-state index contributed by atoms with van der Waals surface area (Å²) >= 11 is 5.24. The van der Waals surface area contributed by atoms with Crippen molar-refractivity contribution in [3.05, 3.63) is 65.2 Å². The Bertz CT molecular complexity index is 834. The number of rotatable bonds is 6. The minimum atomic E-state index is -0.158. The van der Waals surface area contributed by atoms with E-state index in [2.05, 4.69) is 10.6 Å². The largest absolute Gasteiger partial charge is 0.349 e. The maximum Gasteiger partial charge on any atom is 0.230 e. The lowest BCUT2D eigenvalue weighted by Gasteiger charge is -2.12. The van der Waals surface area contributed by atoms with Crippen LogP contribution in [0.3, 0.4) is 0 Å². The van der Waals surface area contributed by atoms with E-state index in [-0.39, 0.29) is 23.3 Å². The summed E-state index contributed by atoms with van der Waals surface area (Å²) in [5.41, 5.74) is 3.87. The van der Waals surface area contributed by atoms with Crippen LogP contribution in [0.15, 0.2) is 48.5 Å². The molecule has 0 spiro atoms. The third-order valence-electron chi connectivity index (χ3n) is 4.18. The Hall–Kier alpha value is -2.73. The van der Waals surface area contributed by atoms with Crippen molar-refractivity contribution in [2.24, 2.45) is 0 Å². The molecule has 0 radical (unpaired) electrons. The Kier molecular flexibility index (Phi) is 7.49. The van der Waals surface area contributed by atoms with Crippen molar-refractivity contribution in [2.75, 3.05) is 19.4 Å². The maximum atomic E-state index is 12.2. The van der Waals surface area contributed by atoms with Crippen molar-refractivity contribution < 1.29 is 9.59 Å². The minimum absolute atomic E-state index is 0.0901. The van der Waals surface area contributed by atoms with Gasteiger partial charge in [0.2, 0.25) is 11.8 Å². The molecule has 6 heteroatoms. The zero-order valence-corrected chi connectivity index (χ0v) is 16.7. The third kappa shape index (κ3) is 6.83. The standard InChI is InChI=1S/C21H25N3O2S/c1-15-7-4-5-9-17(15)14-19(25)23-21(27)22-18-10-6-8-16(13-18)11-12-20(26)24(2)3/h4-10,13H,11-12,14H2,1-3H3,(H2,22,23,25,27). The van der Waals surface area contributed by atoms with Crippen LogP contribution >= 0.6 is 12.2 Å². The molecule has 2 aromatic rings. The Morgan fingerprint density at radius 2 is 1.81 bits per heavy atom. The molecule has 0 saturated heterocycles. The van der Waals surface area contributed by atoms with Crippen molar-refractivity contribution in [3.8, 4) is 0 Å². The lowest BCUT2D eigenvalue weighted by atomic mass is 10.1. The van der Waals surface area contributed by atoms with Crippen molar-refractivity contribution >= 4 is 34.8 Å². The van der Waals surface area contributed by atoms with Gasteiger partial charge >= 0.3 is 0 Å². The topological polar surface area (TPSA) is 61.4 Å². The normalized spacial score (nSPS) is 10.2. The molecule has 27 heavy (non-hydrogen) atoms. The first-order valence-corrected chi connectivity index (χ1v) is 9.20. The van der Waals surface area contributed by atoms with Crippen LogP contribution in [0.2, 0.25) is 0 Å². The fraction of sp³-hybridized carbons (Fsp3) is 0.286. The average Bonchev–Trinajstić information content (AvgIpc) is 2.61. The molecule has 0 unspecified atom stereocenters. The fourth-order valence-corrected chi connectivity index (χ4v) is 2.83. The van der Waals surface area contributed by atoms with E-state index in [4.69, 9.17) is 12.2 Å². The van der Waals surface area contributed by atoms with E-state index in [0.29, 0.717) is 12.8 Å². The number of hydrogen-bond donors (Lipinski definition) is 2. The molecule has 0 aromatic heterocycles. The van der Waals surface area contributed by atoms with Crippen LogP contribution < -0.4 is 10.6 Å². The molecule has 2 rings (SSSR count). The molecule has 142 valence electrons. The lowest BCUT2D eigenvalue weighted by Crippen LogP contribution is -2.35. The summed E-state index contributed by atoms with van der Waals surface area (Å²) in [6, 6.07) is 15.4. The van der Waals surface area contributed by atoms with Crippen molar-refractivity contribution in [3.63, 3.8) is 0 Å². The van der Waals surface area contributed by atoms with E-state index in [1.807, 2.05) is 55.5 Å². The van der Waals surface area contributed by atoms with Gasteiger partial charge in [0, 0.05) is 26.2 Å². The van der Waals surface area contributed by atoms with Crippen LogP contribution in [0.25, 0.3) is 0 Å². The Balaban J connectivity index is 1.88. The molecule has 0 aliphatic carbocycles. The summed E-state index contributed by atoms with van der Waals surface area (Å²) in [4.78, 5) is 25.5. The Labute approximate surface area is 165 Å². The number of nitrogens with zero attached hydrogens (tertiary/aromatic N) is 1. The van der Waals surface area contributed by atoms with Gasteiger partial charge in [-0.2, -0.15) is 0 Å². The molecule has 2 amide bonds. The first-order valence-electron chi connectivity index (χ1n) is 8.79. The molecular weight excluding hydrogens is 358 g/mol. The van der Waals surface area contributed by atoms with E-state index in [9.17, 15) is 9.59 Å². The van der Waals surface area contributed by atoms with Gasteiger partial charge in [0.15, 0.2) is 5.11 Å². The maximum absolute atomic E-state index is 12.2. The predicted octanol–water partition coefficient (Wildman–Crippen LogP) is 3.07. The van der Waals surface area contributed by atoms with Gasteiger partial charge in [-0.1, -0.05) is 36.4 Å². The summed E-state index contributed by atoms with van der Waals surface area (Å²) in [5.74, 6) is -0.0677. The molecule has 0 fully saturated rings. The molecule has 5 nitrogen and oxygen atoms in total. The number of benzene rings is 2. The first kappa shape index (κ1) is 20.6. The summed E-state index contributed by atoms with van der Waals surface area (Å²) in [5, 5.41) is 6.00. The highest BCUT2D eigenvalue weighted by atomic mass is 32.1. The summed E-state index contributed by atoms with van der Waals surface area (Å²) in [6.45, 7) is 1.98. The number of aryl methyl sites for hydroxylation is 2. The van der Waals surface area contributed by atoms with E-state index in [1.165, 1.54) is 0 Å². The second-order valence-corrected chi connectivity index (χ2v) is 7.00. The molecule has 0 saturated carbocycles. The van der Waals surface area contributed by atoms with Gasteiger partial charge in [-0.05, 0) is 54.4 Å². The highest BCUT2D eigenvalue weighted by molar-refractivity contribution is 7.80. The number of carbonyl (C=O) groups is 2. The smallest absolute Gasteiger partial charge is 0.230 e. The second kappa shape index (κ2) is 9.83. The number of carbonyl (C=O) groups excluding carboxylic acids is 2. The van der Waals surface area contributed by atoms with E-state index in [1.54, 1.807) is 19.0 Å². The third-order valence-corrected chi connectivity index (χ3v) is 4.38. The fourth-order valence-electron chi connectivity index (χ4n) is 2.59. The van der Waals surface area contributed by atoms with Crippen molar-refractivity contribution in [2.45, 2.75) is 26.2 Å².